The van der Waals surface area contributed by atoms with Crippen molar-refractivity contribution in [2.75, 3.05) is 52.6 Å². The predicted octanol–water partition coefficient (Wildman–Crippen LogP) is 0.825. The van der Waals surface area contributed by atoms with Crippen LogP contribution in [0.15, 0.2) is 243 Å². The molecule has 4 fully saturated rings. The maximum atomic E-state index is 13.2. The van der Waals surface area contributed by atoms with E-state index >= 15 is 0 Å². The van der Waals surface area contributed by atoms with Gasteiger partial charge in [-0.15, -0.1) is 0 Å². The third kappa shape index (κ3) is 39.1. The summed E-state index contributed by atoms with van der Waals surface area (Å²) < 4.78 is 0. The van der Waals surface area contributed by atoms with Crippen LogP contribution in [0.4, 0.5) is 0 Å². The van der Waals surface area contributed by atoms with Crippen molar-refractivity contribution >= 4 is 94.8 Å². The Hall–Kier alpha value is -15.0. The molecular weight excluding hydrogens is 1910 g/mol. The Morgan fingerprint density at radius 3 is 0.939 bits per heavy atom. The highest BCUT2D eigenvalue weighted by Crippen LogP contribution is 2.25. The lowest BCUT2D eigenvalue weighted by Crippen LogP contribution is -2.57. The Morgan fingerprint density at radius 1 is 0.291 bits per heavy atom. The van der Waals surface area contributed by atoms with E-state index in [1.807, 2.05) is 182 Å². The summed E-state index contributed by atoms with van der Waals surface area (Å²) in [5, 5.41) is 103. The fraction of sp³-hybridized carbons (Fsp3) is 0.407. The number of nitrogens with two attached hydrogens (primary N) is 3. The molecule has 12 amide bonds. The van der Waals surface area contributed by atoms with Crippen molar-refractivity contribution in [1.29, 1.82) is 0 Å². The smallest absolute Gasteiger partial charge is 0.328 e. The molecule has 12 rings (SSSR count). The van der Waals surface area contributed by atoms with Gasteiger partial charge in [0.1, 0.15) is 60.4 Å². The monoisotopic (exact) mass is 2040 g/mol. The molecule has 4 aliphatic rings. The normalized spacial score (nSPS) is 17.4. The van der Waals surface area contributed by atoms with Crippen LogP contribution in [0.3, 0.4) is 0 Å². The number of rotatable bonds is 49. The molecule has 0 radical (unpaired) electrons. The second-order valence-electron chi connectivity index (χ2n) is 36.8. The predicted molar refractivity (Wildman–Crippen MR) is 545 cm³/mol. The Bertz CT molecular complexity index is 5600. The van der Waals surface area contributed by atoms with Crippen molar-refractivity contribution in [2.24, 2.45) is 17.2 Å². The first-order valence-corrected chi connectivity index (χ1v) is 49.5. The van der Waals surface area contributed by atoms with Gasteiger partial charge in [0.2, 0.25) is 70.9 Å². The van der Waals surface area contributed by atoms with Crippen LogP contribution in [0.5, 0.6) is 0 Å². The highest BCUT2D eigenvalue weighted by Gasteiger charge is 2.43. The maximum Gasteiger partial charge on any atom is 0.328 e. The molecule has 4 saturated heterocycles. The number of nitrogens with one attached hydrogen (secondary N) is 10. The van der Waals surface area contributed by atoms with E-state index in [0.29, 0.717) is 70.8 Å². The number of carbonyl (C=O) groups is 16. The number of nitrogens with zero attached hydrogens (tertiary/aromatic N) is 3. The van der Waals surface area contributed by atoms with E-state index in [1.165, 1.54) is 9.80 Å². The van der Waals surface area contributed by atoms with Gasteiger partial charge in [-0.3, -0.25) is 62.3 Å². The summed E-state index contributed by atoms with van der Waals surface area (Å²) in [6, 6.07) is 59.3. The van der Waals surface area contributed by atoms with Crippen LogP contribution < -0.4 is 70.4 Å². The van der Waals surface area contributed by atoms with Crippen LogP contribution in [0.25, 0.3) is 0 Å². The first-order valence-electron chi connectivity index (χ1n) is 49.5. The van der Waals surface area contributed by atoms with Crippen LogP contribution in [-0.2, 0) is 128 Å². The topological polar surface area (TPSA) is 643 Å². The van der Waals surface area contributed by atoms with E-state index < -0.39 is 206 Å². The maximum absolute atomic E-state index is 13.2. The fourth-order valence-electron chi connectivity index (χ4n) is 17.8. The standard InChI is InChI=1S/4C27H34N4O6/c28-21(17-32)26(35)31-13-7-12-23(31)25(34)29-20(14-18-8-3-1-4-9-18)16-24(33)30-22(27(36)37)15-19-10-5-2-6-11-19;28-21(15-19-10-5-2-6-11-19)25(35)30-22(17-32)27(37)31-13-7-12-23(31)26(36)29-20(16-24(33)34)14-18-8-3-1-4-9-18;28-20(14-18-8-3-1-4-9-18)16-24(33)29-21(15-19-10-5-2-6-11-19)25(34)30-22(17-32)26(35)31-13-7-12-23(31)27(36)37;32-17-23(27(36)37)31-26(35)22(15-19-10-5-2-6-11-19)30-24(33)16-20(14-18-8-3-1-4-9-18)29-25(34)21-12-7-13-28-21/h1-6,8-11,20-23,32H,7,12-17,28H2,(H,29,34)(H,30,33)(H,36,37);1-6,8-11,20-23,32H,7,12-17,28H2,(H,29,36)(H,30,35)(H,33,34);1-6,8-11,20-23,32H,7,12-17,28H2,(H,29,33)(H,30,34)(H,36,37);1-6,8-11,20-23,28,32H,7,12-17H2,(H,29,34)(H,30,33)(H,31,35)(H,36,37)/t4*20-,21-,22-,23-/m0000/s1. The van der Waals surface area contributed by atoms with E-state index in [-0.39, 0.29) is 76.4 Å². The number of carboxylic acid groups (broad SMARTS) is 4. The number of aliphatic hydroxyl groups is 4. The Labute approximate surface area is 857 Å². The van der Waals surface area contributed by atoms with Crippen molar-refractivity contribution in [3.05, 3.63) is 287 Å². The van der Waals surface area contributed by atoms with Crippen LogP contribution in [0, 0.1) is 0 Å². The highest BCUT2D eigenvalue weighted by molar-refractivity contribution is 5.97. The molecule has 40 heteroatoms. The lowest BCUT2D eigenvalue weighted by atomic mass is 10.0. The minimum atomic E-state index is -1.49. The van der Waals surface area contributed by atoms with Gasteiger partial charge < -0.3 is 126 Å². The summed E-state index contributed by atoms with van der Waals surface area (Å²) in [4.78, 5) is 205. The summed E-state index contributed by atoms with van der Waals surface area (Å²) in [5.74, 6) is -10.9. The van der Waals surface area contributed by atoms with Gasteiger partial charge in [-0.25, -0.2) is 14.4 Å². The van der Waals surface area contributed by atoms with Crippen molar-refractivity contribution in [2.45, 2.75) is 225 Å². The van der Waals surface area contributed by atoms with E-state index in [2.05, 4.69) is 53.2 Å². The molecule has 792 valence electrons. The molecule has 8 aromatic carbocycles. The molecule has 8 aromatic rings. The molecular formula is C108H136N16O24. The Balaban J connectivity index is 0.000000219. The molecule has 148 heavy (non-hydrogen) atoms. The van der Waals surface area contributed by atoms with Crippen molar-refractivity contribution in [3.63, 3.8) is 0 Å². The van der Waals surface area contributed by atoms with Gasteiger partial charge in [0.05, 0.1) is 44.9 Å². The van der Waals surface area contributed by atoms with Crippen LogP contribution in [-0.4, -0.2) is 300 Å². The lowest BCUT2D eigenvalue weighted by molar-refractivity contribution is -0.150. The lowest BCUT2D eigenvalue weighted by Gasteiger charge is -2.29. The first-order chi connectivity index (χ1) is 71.2. The molecule has 40 nitrogen and oxygen atoms in total. The summed E-state index contributed by atoms with van der Waals surface area (Å²) >= 11 is 0. The second kappa shape index (κ2) is 61.4. The van der Waals surface area contributed by atoms with Crippen LogP contribution >= 0.6 is 0 Å². The number of hydrogen-bond acceptors (Lipinski definition) is 24. The molecule has 0 aromatic heterocycles. The van der Waals surface area contributed by atoms with Gasteiger partial charge in [-0.1, -0.05) is 243 Å². The number of carboxylic acids is 4. The third-order valence-corrected chi connectivity index (χ3v) is 25.3. The number of benzene rings is 8. The van der Waals surface area contributed by atoms with E-state index in [0.717, 1.165) is 68.8 Å². The van der Waals surface area contributed by atoms with E-state index in [4.69, 9.17) is 17.2 Å². The summed E-state index contributed by atoms with van der Waals surface area (Å²) in [5.41, 5.74) is 24.8. The molecule has 0 aliphatic carbocycles. The molecule has 24 N–H and O–H groups in total. The van der Waals surface area contributed by atoms with Gasteiger partial charge in [-0.05, 0) is 135 Å². The minimum Gasteiger partial charge on any atom is -0.481 e. The number of hydrogen-bond donors (Lipinski definition) is 21. The summed E-state index contributed by atoms with van der Waals surface area (Å²) in [7, 11) is 0. The number of aliphatic hydroxyl groups excluding tert-OH is 4. The fourth-order valence-corrected chi connectivity index (χ4v) is 17.8. The summed E-state index contributed by atoms with van der Waals surface area (Å²) in [6.07, 6.45) is 6.23. The van der Waals surface area contributed by atoms with Crippen LogP contribution in [0.1, 0.15) is 122 Å². The van der Waals surface area contributed by atoms with E-state index in [9.17, 15) is 118 Å². The van der Waals surface area contributed by atoms with Crippen molar-refractivity contribution in [3.8, 4) is 0 Å². The number of carbonyl (C=O) groups excluding carboxylic acids is 12. The number of amides is 12. The van der Waals surface area contributed by atoms with Gasteiger partial charge in [0.25, 0.3) is 0 Å². The van der Waals surface area contributed by atoms with Crippen molar-refractivity contribution in [1.82, 2.24) is 67.9 Å². The average molecular weight is 2040 g/mol. The zero-order valence-corrected chi connectivity index (χ0v) is 82.3. The molecule has 0 bridgehead atoms. The molecule has 4 aliphatic heterocycles. The zero-order valence-electron chi connectivity index (χ0n) is 82.3. The molecule has 0 saturated carbocycles. The highest BCUT2D eigenvalue weighted by atomic mass is 16.4. The van der Waals surface area contributed by atoms with Gasteiger partial charge >= 0.3 is 23.9 Å². The largest absolute Gasteiger partial charge is 0.481 e. The molecule has 16 atom stereocenters. The second-order valence-corrected chi connectivity index (χ2v) is 36.8. The van der Waals surface area contributed by atoms with Gasteiger partial charge in [-0.2, -0.15) is 0 Å². The summed E-state index contributed by atoms with van der Waals surface area (Å²) in [6.45, 7) is -1.03. The Morgan fingerprint density at radius 2 is 0.595 bits per heavy atom. The SMILES string of the molecule is N[C@@H](CO)C(=O)N1CCC[C@H]1C(=O)N[C@H](CC(=O)N[C@@H](Cc1ccccc1)C(=O)O)Cc1ccccc1.N[C@@H](Cc1ccccc1)C(=O)N[C@@H](CO)C(=O)N1CCC[C@H]1C(=O)N[C@H](CC(=O)O)Cc1ccccc1.N[C@H](CC(=O)N[C@@H](Cc1ccccc1)C(=O)N[C@@H](CO)C(=O)N1CCC[C@H]1C(=O)O)Cc1ccccc1.O=C(C[C@H](Cc1ccccc1)NC(=O)[C@@H]1CCCN1)N[C@@H](Cc1ccccc1)C(=O)N[C@@H](CO)C(=O)O. The minimum absolute atomic E-state index is 0.0100. The van der Waals surface area contributed by atoms with Crippen molar-refractivity contribution < 1.29 is 118 Å². The van der Waals surface area contributed by atoms with Gasteiger partial charge in [0.15, 0.2) is 0 Å². The first kappa shape index (κ1) is 117. The number of likely N-dealkylation sites (tertiary alicyclic amines) is 3. The molecule has 0 spiro atoms. The quantitative estimate of drug-likeness (QED) is 0.0251. The molecule has 4 heterocycles. The van der Waals surface area contributed by atoms with Gasteiger partial charge in [0, 0.05) is 82.3 Å². The zero-order chi connectivity index (χ0) is 107. The Kier molecular flexibility index (Phi) is 48.4. The average Bonchev–Trinajstić information content (AvgIpc) is 1.67. The van der Waals surface area contributed by atoms with Crippen LogP contribution in [0.2, 0.25) is 0 Å². The third-order valence-electron chi connectivity index (χ3n) is 25.3. The molecule has 0 unspecified atom stereocenters. The van der Waals surface area contributed by atoms with E-state index in [1.54, 1.807) is 60.7 Å². The number of aliphatic carboxylic acids is 4.